The number of hydrogen-bond donors (Lipinski definition) is 1. The van der Waals surface area contributed by atoms with Crippen molar-refractivity contribution in [2.24, 2.45) is 0 Å². The van der Waals surface area contributed by atoms with Crippen molar-refractivity contribution in [3.8, 4) is 0 Å². The van der Waals surface area contributed by atoms with E-state index in [4.69, 9.17) is 4.42 Å². The van der Waals surface area contributed by atoms with E-state index in [2.05, 4.69) is 10.4 Å². The molecule has 1 N–H and O–H groups in total. The summed E-state index contributed by atoms with van der Waals surface area (Å²) in [5, 5.41) is 7.44. The maximum atomic E-state index is 12.7. The lowest BCUT2D eigenvalue weighted by Gasteiger charge is -2.18. The molecule has 1 saturated heterocycles. The van der Waals surface area contributed by atoms with Crippen LogP contribution < -0.4 is 5.32 Å². The topological polar surface area (TPSA) is 97.4 Å². The fourth-order valence-electron chi connectivity index (χ4n) is 3.90. The minimum atomic E-state index is -3.50. The SMILES string of the molecule is Cc1cc(C)n(C(CNC(=O)c2ccc(S(=O)(=O)N3CCCC3)cc2)c2ccco2)n1. The van der Waals surface area contributed by atoms with Crippen molar-refractivity contribution in [1.29, 1.82) is 0 Å². The number of aromatic nitrogens is 2. The summed E-state index contributed by atoms with van der Waals surface area (Å²) < 4.78 is 34.2. The molecule has 0 aliphatic carbocycles. The van der Waals surface area contributed by atoms with Gasteiger partial charge in [-0.15, -0.1) is 0 Å². The van der Waals surface area contributed by atoms with Gasteiger partial charge in [0.05, 0.1) is 16.9 Å². The number of rotatable bonds is 7. The van der Waals surface area contributed by atoms with Crippen molar-refractivity contribution in [2.45, 2.75) is 37.6 Å². The van der Waals surface area contributed by atoms with Crippen LogP contribution in [0.1, 0.15) is 46.4 Å². The van der Waals surface area contributed by atoms with E-state index in [1.165, 1.54) is 16.4 Å². The van der Waals surface area contributed by atoms with E-state index in [0.29, 0.717) is 24.4 Å². The number of nitrogens with zero attached hydrogens (tertiary/aromatic N) is 3. The van der Waals surface area contributed by atoms with Gasteiger partial charge in [-0.3, -0.25) is 9.48 Å². The molecule has 1 aromatic carbocycles. The molecule has 164 valence electrons. The molecule has 9 heteroatoms. The van der Waals surface area contributed by atoms with Crippen LogP contribution in [0.25, 0.3) is 0 Å². The Kier molecular flexibility index (Phi) is 5.97. The number of aryl methyl sites for hydroxylation is 2. The van der Waals surface area contributed by atoms with Gasteiger partial charge >= 0.3 is 0 Å². The minimum absolute atomic E-state index is 0.210. The first-order chi connectivity index (χ1) is 14.9. The van der Waals surface area contributed by atoms with Gasteiger partial charge in [-0.05, 0) is 69.2 Å². The van der Waals surface area contributed by atoms with Crippen molar-refractivity contribution >= 4 is 15.9 Å². The summed E-state index contributed by atoms with van der Waals surface area (Å²) in [7, 11) is -3.50. The number of benzene rings is 1. The Bertz CT molecular complexity index is 1140. The highest BCUT2D eigenvalue weighted by atomic mass is 32.2. The van der Waals surface area contributed by atoms with E-state index < -0.39 is 10.0 Å². The van der Waals surface area contributed by atoms with Crippen LogP contribution in [0.3, 0.4) is 0 Å². The molecule has 31 heavy (non-hydrogen) atoms. The summed E-state index contributed by atoms with van der Waals surface area (Å²) in [5.74, 6) is 0.404. The van der Waals surface area contributed by atoms with Crippen LogP contribution in [0.15, 0.2) is 58.0 Å². The third-order valence-corrected chi connectivity index (χ3v) is 7.40. The molecular formula is C22H26N4O4S. The molecule has 3 aromatic rings. The zero-order chi connectivity index (χ0) is 22.0. The molecule has 1 fully saturated rings. The van der Waals surface area contributed by atoms with Gasteiger partial charge < -0.3 is 9.73 Å². The molecular weight excluding hydrogens is 416 g/mol. The number of nitrogens with one attached hydrogen (secondary N) is 1. The first kappa shape index (κ1) is 21.3. The molecule has 4 rings (SSSR count). The zero-order valence-corrected chi connectivity index (χ0v) is 18.4. The van der Waals surface area contributed by atoms with Crippen molar-refractivity contribution < 1.29 is 17.6 Å². The summed E-state index contributed by atoms with van der Waals surface area (Å²) in [5.41, 5.74) is 2.24. The molecule has 0 saturated carbocycles. The second kappa shape index (κ2) is 8.68. The molecule has 8 nitrogen and oxygen atoms in total. The number of sulfonamides is 1. The van der Waals surface area contributed by atoms with Crippen molar-refractivity contribution in [2.75, 3.05) is 19.6 Å². The number of hydrogen-bond acceptors (Lipinski definition) is 5. The first-order valence-electron chi connectivity index (χ1n) is 10.3. The van der Waals surface area contributed by atoms with Gasteiger partial charge in [0.25, 0.3) is 5.91 Å². The summed E-state index contributed by atoms with van der Waals surface area (Å²) in [6.45, 7) is 5.24. The van der Waals surface area contributed by atoms with E-state index in [9.17, 15) is 13.2 Å². The Morgan fingerprint density at radius 1 is 1.16 bits per heavy atom. The lowest BCUT2D eigenvalue weighted by atomic mass is 10.2. The fraction of sp³-hybridized carbons (Fsp3) is 0.364. The highest BCUT2D eigenvalue weighted by Crippen LogP contribution is 2.22. The Morgan fingerprint density at radius 2 is 1.87 bits per heavy atom. The van der Waals surface area contributed by atoms with Crippen LogP contribution in [-0.2, 0) is 10.0 Å². The normalized spacial score (nSPS) is 15.8. The standard InChI is InChI=1S/C22H26N4O4S/c1-16-14-17(2)26(24-16)20(21-6-5-13-30-21)15-23-22(27)18-7-9-19(10-8-18)31(28,29)25-11-3-4-12-25/h5-10,13-14,20H,3-4,11-12,15H2,1-2H3,(H,23,27). The molecule has 2 aromatic heterocycles. The van der Waals surface area contributed by atoms with Crippen LogP contribution in [0.2, 0.25) is 0 Å². The quantitative estimate of drug-likeness (QED) is 0.607. The molecule has 0 spiro atoms. The Morgan fingerprint density at radius 3 is 2.45 bits per heavy atom. The van der Waals surface area contributed by atoms with E-state index in [0.717, 1.165) is 24.2 Å². The average Bonchev–Trinajstić information content (AvgIpc) is 3.51. The Balaban J connectivity index is 1.47. The van der Waals surface area contributed by atoms with Crippen LogP contribution in [-0.4, -0.2) is 48.0 Å². The van der Waals surface area contributed by atoms with Gasteiger partial charge in [0.1, 0.15) is 11.8 Å². The molecule has 1 unspecified atom stereocenters. The van der Waals surface area contributed by atoms with Crippen LogP contribution in [0.5, 0.6) is 0 Å². The van der Waals surface area contributed by atoms with Crippen molar-refractivity contribution in [3.05, 3.63) is 71.4 Å². The maximum absolute atomic E-state index is 12.7. The number of carbonyl (C=O) groups is 1. The van der Waals surface area contributed by atoms with Crippen molar-refractivity contribution in [3.63, 3.8) is 0 Å². The van der Waals surface area contributed by atoms with Gasteiger partial charge in [-0.25, -0.2) is 8.42 Å². The van der Waals surface area contributed by atoms with E-state index in [1.807, 2.05) is 30.7 Å². The van der Waals surface area contributed by atoms with E-state index >= 15 is 0 Å². The molecule has 3 heterocycles. The average molecular weight is 443 g/mol. The summed E-state index contributed by atoms with van der Waals surface area (Å²) in [6.07, 6.45) is 3.35. The van der Waals surface area contributed by atoms with E-state index in [-0.39, 0.29) is 23.4 Å². The van der Waals surface area contributed by atoms with Gasteiger partial charge in [0, 0.05) is 30.9 Å². The summed E-state index contributed by atoms with van der Waals surface area (Å²) >= 11 is 0. The highest BCUT2D eigenvalue weighted by molar-refractivity contribution is 7.89. The van der Waals surface area contributed by atoms with Crippen LogP contribution in [0, 0.1) is 13.8 Å². The van der Waals surface area contributed by atoms with Crippen molar-refractivity contribution in [1.82, 2.24) is 19.4 Å². The second-order valence-electron chi connectivity index (χ2n) is 7.75. The fourth-order valence-corrected chi connectivity index (χ4v) is 5.41. The Hall–Kier alpha value is -2.91. The highest BCUT2D eigenvalue weighted by Gasteiger charge is 2.27. The minimum Gasteiger partial charge on any atom is -0.467 e. The van der Waals surface area contributed by atoms with Gasteiger partial charge in [0.15, 0.2) is 0 Å². The molecule has 1 amide bonds. The zero-order valence-electron chi connectivity index (χ0n) is 17.6. The molecule has 0 radical (unpaired) electrons. The molecule has 1 aliphatic rings. The van der Waals surface area contributed by atoms with Gasteiger partial charge in [-0.1, -0.05) is 0 Å². The third-order valence-electron chi connectivity index (χ3n) is 5.49. The van der Waals surface area contributed by atoms with Gasteiger partial charge in [-0.2, -0.15) is 9.40 Å². The number of amides is 1. The monoisotopic (exact) mass is 442 g/mol. The molecule has 1 aliphatic heterocycles. The predicted octanol–water partition coefficient (Wildman–Crippen LogP) is 2.90. The van der Waals surface area contributed by atoms with Gasteiger partial charge in [0.2, 0.25) is 10.0 Å². The number of carbonyl (C=O) groups excluding carboxylic acids is 1. The third kappa shape index (κ3) is 4.42. The Labute approximate surface area is 181 Å². The lowest BCUT2D eigenvalue weighted by Crippen LogP contribution is -2.32. The molecule has 0 bridgehead atoms. The largest absolute Gasteiger partial charge is 0.467 e. The maximum Gasteiger partial charge on any atom is 0.251 e. The predicted molar refractivity (Wildman–Crippen MR) is 115 cm³/mol. The summed E-state index contributed by atoms with van der Waals surface area (Å²) in [4.78, 5) is 12.9. The molecule has 1 atom stereocenters. The van der Waals surface area contributed by atoms with Crippen LogP contribution in [0.4, 0.5) is 0 Å². The van der Waals surface area contributed by atoms with E-state index in [1.54, 1.807) is 24.5 Å². The number of furan rings is 1. The smallest absolute Gasteiger partial charge is 0.251 e. The lowest BCUT2D eigenvalue weighted by molar-refractivity contribution is 0.0948. The summed E-state index contributed by atoms with van der Waals surface area (Å²) in [6, 6.07) is 11.4. The van der Waals surface area contributed by atoms with Crippen LogP contribution >= 0.6 is 0 Å². The first-order valence-corrected chi connectivity index (χ1v) is 11.7. The second-order valence-corrected chi connectivity index (χ2v) is 9.69.